The Kier molecular flexibility index (Phi) is 7.47. The van der Waals surface area contributed by atoms with E-state index in [4.69, 9.17) is 0 Å². The van der Waals surface area contributed by atoms with Crippen LogP contribution < -0.4 is 4.72 Å². The molecule has 1 aliphatic rings. The zero-order valence-corrected chi connectivity index (χ0v) is 19.4. The molecule has 0 bridgehead atoms. The lowest BCUT2D eigenvalue weighted by molar-refractivity contribution is -0.117. The Morgan fingerprint density at radius 2 is 1.94 bits per heavy atom. The Bertz CT molecular complexity index is 1050. The quantitative estimate of drug-likeness (QED) is 0.599. The molecule has 0 saturated heterocycles. The van der Waals surface area contributed by atoms with Gasteiger partial charge in [0.1, 0.15) is 10.8 Å². The Morgan fingerprint density at radius 1 is 1.26 bits per heavy atom. The van der Waals surface area contributed by atoms with E-state index in [0.717, 1.165) is 41.6 Å². The molecule has 0 aliphatic heterocycles. The van der Waals surface area contributed by atoms with Gasteiger partial charge in [-0.15, -0.1) is 4.36 Å². The molecule has 6 nitrogen and oxygen atoms in total. The number of thiol groups is 1. The van der Waals surface area contributed by atoms with E-state index in [1.54, 1.807) is 0 Å². The SMILES string of the molecule is CC(C)c1cc(C#N)cc(C2CC2)c1CC(=O)/N=[SH](=O)\Nc1ccc(CN(C)C)cc1. The number of hydrogen-bond donors (Lipinski definition) is 2. The molecular weight excluding hydrogens is 408 g/mol. The van der Waals surface area contributed by atoms with Crippen LogP contribution in [0.1, 0.15) is 66.3 Å². The Balaban J connectivity index is 1.76. The minimum absolute atomic E-state index is 0.107. The largest absolute Gasteiger partial charge is 0.305 e. The van der Waals surface area contributed by atoms with Crippen LogP contribution in [-0.2, 0) is 28.5 Å². The standard InChI is InChI=1S/C24H30N4O2S/c1-16(2)21-11-18(14-25)12-22(19-7-8-19)23(21)13-24(29)27-31(30)26-20-9-5-17(6-10-20)15-28(3)4/h5-6,9-12,16,19,31H,7-8,13,15H2,1-4H3,(H,26,27,29,30). The summed E-state index contributed by atoms with van der Waals surface area (Å²) in [6.07, 6.45) is 2.25. The summed E-state index contributed by atoms with van der Waals surface area (Å²) in [5.41, 5.74) is 5.47. The molecule has 0 radical (unpaired) electrons. The number of amides is 1. The fourth-order valence-corrected chi connectivity index (χ4v) is 4.43. The van der Waals surface area contributed by atoms with Crippen molar-refractivity contribution in [3.8, 4) is 6.07 Å². The molecule has 2 aromatic carbocycles. The Morgan fingerprint density at radius 3 is 2.48 bits per heavy atom. The van der Waals surface area contributed by atoms with Gasteiger partial charge in [0.25, 0.3) is 5.91 Å². The third-order valence-electron chi connectivity index (χ3n) is 5.30. The first-order valence-corrected chi connectivity index (χ1v) is 11.8. The first-order chi connectivity index (χ1) is 14.8. The van der Waals surface area contributed by atoms with E-state index in [-0.39, 0.29) is 12.3 Å². The second kappa shape index (κ2) is 10.1. The van der Waals surface area contributed by atoms with Crippen molar-refractivity contribution in [2.75, 3.05) is 18.8 Å². The summed E-state index contributed by atoms with van der Waals surface area (Å²) in [6.45, 7) is 4.93. The number of benzene rings is 2. The topological polar surface area (TPSA) is 85.6 Å². The second-order valence-corrected chi connectivity index (χ2v) is 9.63. The van der Waals surface area contributed by atoms with Crippen LogP contribution in [0.25, 0.3) is 0 Å². The predicted octanol–water partition coefficient (Wildman–Crippen LogP) is 4.38. The minimum atomic E-state index is -2.25. The molecule has 1 saturated carbocycles. The zero-order valence-electron chi connectivity index (χ0n) is 18.6. The zero-order chi connectivity index (χ0) is 22.5. The van der Waals surface area contributed by atoms with Gasteiger partial charge in [-0.2, -0.15) is 5.26 Å². The number of nitriles is 1. The summed E-state index contributed by atoms with van der Waals surface area (Å²) in [7, 11) is 1.75. The van der Waals surface area contributed by atoms with E-state index in [1.807, 2.05) is 50.5 Å². The van der Waals surface area contributed by atoms with Gasteiger partial charge in [0.15, 0.2) is 0 Å². The van der Waals surface area contributed by atoms with Crippen LogP contribution in [0.4, 0.5) is 5.69 Å². The fraction of sp³-hybridized carbons (Fsp3) is 0.417. The highest BCUT2D eigenvalue weighted by atomic mass is 32.2. The van der Waals surface area contributed by atoms with Crippen molar-refractivity contribution in [1.82, 2.24) is 4.90 Å². The van der Waals surface area contributed by atoms with Gasteiger partial charge in [0.2, 0.25) is 0 Å². The third kappa shape index (κ3) is 6.39. The van der Waals surface area contributed by atoms with E-state index in [0.29, 0.717) is 17.2 Å². The normalized spacial score (nSPS) is 14.6. The van der Waals surface area contributed by atoms with Gasteiger partial charge in [-0.3, -0.25) is 4.79 Å². The number of hydrogen-bond acceptors (Lipinski definition) is 4. The molecule has 1 unspecified atom stereocenters. The van der Waals surface area contributed by atoms with Crippen LogP contribution in [0.15, 0.2) is 40.8 Å². The van der Waals surface area contributed by atoms with Gasteiger partial charge in [-0.05, 0) is 85.3 Å². The smallest absolute Gasteiger partial charge is 0.259 e. The van der Waals surface area contributed by atoms with Crippen molar-refractivity contribution >= 4 is 22.4 Å². The lowest BCUT2D eigenvalue weighted by Gasteiger charge is -2.17. The summed E-state index contributed by atoms with van der Waals surface area (Å²) in [4.78, 5) is 14.7. The molecule has 0 heterocycles. The summed E-state index contributed by atoms with van der Waals surface area (Å²) in [5, 5.41) is 9.38. The molecule has 31 heavy (non-hydrogen) atoms. The van der Waals surface area contributed by atoms with Crippen molar-refractivity contribution in [3.63, 3.8) is 0 Å². The highest BCUT2D eigenvalue weighted by molar-refractivity contribution is 7.76. The molecule has 0 spiro atoms. The van der Waals surface area contributed by atoms with Crippen LogP contribution in [0, 0.1) is 11.3 Å². The van der Waals surface area contributed by atoms with E-state index in [2.05, 4.69) is 33.9 Å². The average Bonchev–Trinajstić information content (AvgIpc) is 3.54. The number of carbonyl (C=O) groups is 1. The van der Waals surface area contributed by atoms with E-state index >= 15 is 0 Å². The van der Waals surface area contributed by atoms with Gasteiger partial charge in [0, 0.05) is 12.2 Å². The van der Waals surface area contributed by atoms with Gasteiger partial charge < -0.3 is 9.62 Å². The van der Waals surface area contributed by atoms with Crippen molar-refractivity contribution in [3.05, 3.63) is 64.2 Å². The number of anilines is 1. The maximum absolute atomic E-state index is 12.7. The third-order valence-corrected chi connectivity index (χ3v) is 6.15. The average molecular weight is 439 g/mol. The molecule has 1 amide bonds. The monoisotopic (exact) mass is 438 g/mol. The van der Waals surface area contributed by atoms with Crippen LogP contribution >= 0.6 is 0 Å². The highest BCUT2D eigenvalue weighted by Crippen LogP contribution is 2.44. The molecule has 1 atom stereocenters. The maximum atomic E-state index is 12.7. The van der Waals surface area contributed by atoms with Crippen molar-refractivity contribution in [1.29, 1.82) is 5.26 Å². The van der Waals surface area contributed by atoms with Crippen molar-refractivity contribution in [2.24, 2.45) is 4.36 Å². The molecular formula is C24H30N4O2S. The molecule has 0 aromatic heterocycles. The van der Waals surface area contributed by atoms with Crippen LogP contribution in [0.3, 0.4) is 0 Å². The molecule has 164 valence electrons. The van der Waals surface area contributed by atoms with Crippen LogP contribution in [-0.4, -0.2) is 29.1 Å². The second-order valence-electron chi connectivity index (χ2n) is 8.66. The molecule has 1 aliphatic carbocycles. The molecule has 2 aromatic rings. The Hall–Kier alpha value is -2.69. The highest BCUT2D eigenvalue weighted by Gasteiger charge is 2.29. The fourth-order valence-electron chi connectivity index (χ4n) is 3.73. The molecule has 3 rings (SSSR count). The molecule has 7 heteroatoms. The summed E-state index contributed by atoms with van der Waals surface area (Å²) >= 11 is 0. The number of rotatable bonds is 8. The maximum Gasteiger partial charge on any atom is 0.259 e. The Labute approximate surface area is 186 Å². The van der Waals surface area contributed by atoms with Crippen LogP contribution in [0.5, 0.6) is 0 Å². The van der Waals surface area contributed by atoms with E-state index in [1.165, 1.54) is 0 Å². The first kappa shape index (κ1) is 23.0. The van der Waals surface area contributed by atoms with E-state index < -0.39 is 16.7 Å². The van der Waals surface area contributed by atoms with Crippen molar-refractivity contribution in [2.45, 2.75) is 51.5 Å². The van der Waals surface area contributed by atoms with Gasteiger partial charge in [-0.1, -0.05) is 26.0 Å². The summed E-state index contributed by atoms with van der Waals surface area (Å²) in [6, 6.07) is 13.6. The lowest BCUT2D eigenvalue weighted by Crippen LogP contribution is -2.10. The minimum Gasteiger partial charge on any atom is -0.305 e. The number of nitrogens with zero attached hydrogens (tertiary/aromatic N) is 3. The van der Waals surface area contributed by atoms with Crippen LogP contribution in [0.2, 0.25) is 0 Å². The van der Waals surface area contributed by atoms with Gasteiger partial charge in [-0.25, -0.2) is 4.21 Å². The molecule has 1 N–H and O–H groups in total. The predicted molar refractivity (Wildman–Crippen MR) is 125 cm³/mol. The molecule has 1 fully saturated rings. The summed E-state index contributed by atoms with van der Waals surface area (Å²) in [5.74, 6) is 0.175. The lowest BCUT2D eigenvalue weighted by atomic mass is 9.87. The number of nitrogens with one attached hydrogen (secondary N) is 1. The number of carbonyl (C=O) groups excluding carboxylic acids is 1. The van der Waals surface area contributed by atoms with E-state index in [9.17, 15) is 14.3 Å². The summed E-state index contributed by atoms with van der Waals surface area (Å²) < 4.78 is 19.1. The van der Waals surface area contributed by atoms with Gasteiger partial charge >= 0.3 is 0 Å². The van der Waals surface area contributed by atoms with Gasteiger partial charge in [0.05, 0.1) is 18.1 Å². The van der Waals surface area contributed by atoms with Crippen molar-refractivity contribution < 1.29 is 9.00 Å². The first-order valence-electron chi connectivity index (χ1n) is 10.6.